The van der Waals surface area contributed by atoms with Crippen molar-refractivity contribution in [1.82, 2.24) is 5.32 Å². The van der Waals surface area contributed by atoms with Crippen LogP contribution in [0.3, 0.4) is 0 Å². The topological polar surface area (TPSA) is 66.4 Å². The van der Waals surface area contributed by atoms with E-state index in [9.17, 15) is 9.59 Å². The molecule has 0 aromatic carbocycles. The molecule has 1 fully saturated rings. The summed E-state index contributed by atoms with van der Waals surface area (Å²) in [5.74, 6) is -0.170. The van der Waals surface area contributed by atoms with E-state index in [1.807, 2.05) is 0 Å². The molecule has 1 aliphatic carbocycles. The van der Waals surface area contributed by atoms with E-state index < -0.39 is 5.97 Å². The van der Waals surface area contributed by atoms with E-state index in [4.69, 9.17) is 5.11 Å². The van der Waals surface area contributed by atoms with Crippen LogP contribution < -0.4 is 5.32 Å². The molecule has 2 unspecified atom stereocenters. The third kappa shape index (κ3) is 4.81. The average Bonchev–Trinajstić information content (AvgIpc) is 2.83. The summed E-state index contributed by atoms with van der Waals surface area (Å²) >= 11 is 0. The lowest BCUT2D eigenvalue weighted by Crippen LogP contribution is -2.26. The molecule has 4 nitrogen and oxygen atoms in total. The van der Waals surface area contributed by atoms with E-state index in [1.165, 1.54) is 6.42 Å². The molecule has 0 aliphatic heterocycles. The summed E-state index contributed by atoms with van der Waals surface area (Å²) in [5, 5.41) is 11.3. The van der Waals surface area contributed by atoms with Gasteiger partial charge in [0.25, 0.3) is 0 Å². The van der Waals surface area contributed by atoms with Crippen molar-refractivity contribution in [1.29, 1.82) is 0 Å². The Kier molecular flexibility index (Phi) is 4.59. The summed E-state index contributed by atoms with van der Waals surface area (Å²) in [4.78, 5) is 21.5. The van der Waals surface area contributed by atoms with Crippen LogP contribution in [-0.2, 0) is 9.59 Å². The van der Waals surface area contributed by atoms with E-state index >= 15 is 0 Å². The van der Waals surface area contributed by atoms with E-state index in [0.717, 1.165) is 12.8 Å². The maximum Gasteiger partial charge on any atom is 0.303 e. The number of carboxylic acid groups (broad SMARTS) is 1. The highest BCUT2D eigenvalue weighted by Crippen LogP contribution is 2.34. The van der Waals surface area contributed by atoms with Gasteiger partial charge in [-0.05, 0) is 25.2 Å². The minimum atomic E-state index is -0.835. The summed E-state index contributed by atoms with van der Waals surface area (Å²) in [5.41, 5.74) is 0. The third-order valence-corrected chi connectivity index (χ3v) is 2.72. The largest absolute Gasteiger partial charge is 0.481 e. The van der Waals surface area contributed by atoms with Gasteiger partial charge >= 0.3 is 5.97 Å². The van der Waals surface area contributed by atoms with Crippen molar-refractivity contribution in [2.45, 2.75) is 51.5 Å². The van der Waals surface area contributed by atoms with Crippen molar-refractivity contribution in [3.63, 3.8) is 0 Å². The maximum absolute atomic E-state index is 11.3. The molecular weight excluding hydrogens is 194 g/mol. The van der Waals surface area contributed by atoms with Gasteiger partial charge in [0.05, 0.1) is 0 Å². The molecule has 1 rings (SSSR count). The fourth-order valence-corrected chi connectivity index (χ4v) is 1.79. The SMILES string of the molecule is CCCC1CC1NC(=O)CCCC(=O)O. The zero-order valence-corrected chi connectivity index (χ0v) is 9.16. The normalized spacial score (nSPS) is 23.5. The molecule has 2 atom stereocenters. The Morgan fingerprint density at radius 2 is 2.13 bits per heavy atom. The molecule has 86 valence electrons. The molecule has 0 aromatic rings. The molecule has 1 amide bonds. The molecule has 0 saturated heterocycles. The van der Waals surface area contributed by atoms with E-state index in [2.05, 4.69) is 12.2 Å². The van der Waals surface area contributed by atoms with Gasteiger partial charge in [-0.2, -0.15) is 0 Å². The first-order valence-corrected chi connectivity index (χ1v) is 5.64. The number of hydrogen-bond donors (Lipinski definition) is 2. The molecule has 0 bridgehead atoms. The lowest BCUT2D eigenvalue weighted by molar-refractivity contribution is -0.137. The van der Waals surface area contributed by atoms with Crippen LogP contribution in [0.2, 0.25) is 0 Å². The van der Waals surface area contributed by atoms with Crippen LogP contribution in [0.25, 0.3) is 0 Å². The number of nitrogens with one attached hydrogen (secondary N) is 1. The van der Waals surface area contributed by atoms with Gasteiger partial charge in [-0.1, -0.05) is 13.3 Å². The summed E-state index contributed by atoms with van der Waals surface area (Å²) in [6, 6.07) is 0.363. The Labute approximate surface area is 90.0 Å². The first-order chi connectivity index (χ1) is 7.13. The van der Waals surface area contributed by atoms with Crippen molar-refractivity contribution in [3.8, 4) is 0 Å². The van der Waals surface area contributed by atoms with Gasteiger partial charge in [0.2, 0.25) is 5.91 Å². The minimum absolute atomic E-state index is 0.000136. The molecule has 1 saturated carbocycles. The maximum atomic E-state index is 11.3. The van der Waals surface area contributed by atoms with Crippen LogP contribution in [0.1, 0.15) is 45.4 Å². The van der Waals surface area contributed by atoms with Crippen LogP contribution in [0, 0.1) is 5.92 Å². The Bertz CT molecular complexity index is 240. The minimum Gasteiger partial charge on any atom is -0.481 e. The second kappa shape index (κ2) is 5.73. The average molecular weight is 213 g/mol. The Hall–Kier alpha value is -1.06. The molecular formula is C11H19NO3. The van der Waals surface area contributed by atoms with Gasteiger partial charge in [-0.25, -0.2) is 0 Å². The van der Waals surface area contributed by atoms with Gasteiger partial charge in [0, 0.05) is 18.9 Å². The summed E-state index contributed by atoms with van der Waals surface area (Å²) < 4.78 is 0. The van der Waals surface area contributed by atoms with E-state index in [1.54, 1.807) is 0 Å². The number of hydrogen-bond acceptors (Lipinski definition) is 2. The molecule has 4 heteroatoms. The van der Waals surface area contributed by atoms with Gasteiger partial charge in [0.1, 0.15) is 0 Å². The Morgan fingerprint density at radius 1 is 1.40 bits per heavy atom. The fourth-order valence-electron chi connectivity index (χ4n) is 1.79. The molecule has 0 spiro atoms. The number of carbonyl (C=O) groups is 2. The highest BCUT2D eigenvalue weighted by atomic mass is 16.4. The number of aliphatic carboxylic acids is 1. The number of carboxylic acids is 1. The molecule has 1 aliphatic rings. The smallest absolute Gasteiger partial charge is 0.303 e. The second-order valence-electron chi connectivity index (χ2n) is 4.21. The van der Waals surface area contributed by atoms with Crippen molar-refractivity contribution in [3.05, 3.63) is 0 Å². The monoisotopic (exact) mass is 213 g/mol. The van der Waals surface area contributed by atoms with E-state index in [0.29, 0.717) is 24.8 Å². The summed E-state index contributed by atoms with van der Waals surface area (Å²) in [7, 11) is 0. The van der Waals surface area contributed by atoms with Crippen molar-refractivity contribution < 1.29 is 14.7 Å². The standard InChI is InChI=1S/C11H19NO3/c1-2-4-8-7-9(8)12-10(13)5-3-6-11(14)15/h8-9H,2-7H2,1H3,(H,12,13)(H,14,15). The highest BCUT2D eigenvalue weighted by Gasteiger charge is 2.36. The lowest BCUT2D eigenvalue weighted by atomic mass is 10.2. The predicted molar refractivity (Wildman–Crippen MR) is 56.4 cm³/mol. The Morgan fingerprint density at radius 3 is 2.73 bits per heavy atom. The molecule has 0 radical (unpaired) electrons. The van der Waals surface area contributed by atoms with Crippen molar-refractivity contribution in [2.24, 2.45) is 5.92 Å². The fraction of sp³-hybridized carbons (Fsp3) is 0.818. The second-order valence-corrected chi connectivity index (χ2v) is 4.21. The van der Waals surface area contributed by atoms with Crippen LogP contribution in [0.5, 0.6) is 0 Å². The zero-order valence-electron chi connectivity index (χ0n) is 9.16. The first kappa shape index (κ1) is 12.0. The quantitative estimate of drug-likeness (QED) is 0.674. The predicted octanol–water partition coefficient (Wildman–Crippen LogP) is 1.55. The lowest BCUT2D eigenvalue weighted by Gasteiger charge is -2.03. The third-order valence-electron chi connectivity index (χ3n) is 2.72. The van der Waals surface area contributed by atoms with Crippen LogP contribution in [0.15, 0.2) is 0 Å². The molecule has 0 aromatic heterocycles. The summed E-state index contributed by atoms with van der Waals surface area (Å²) in [6.07, 6.45) is 4.29. The Balaban J connectivity index is 2.02. The van der Waals surface area contributed by atoms with Gasteiger partial charge in [-0.3, -0.25) is 9.59 Å². The number of amides is 1. The molecule has 2 N–H and O–H groups in total. The number of rotatable bonds is 7. The van der Waals surface area contributed by atoms with Crippen LogP contribution in [0.4, 0.5) is 0 Å². The molecule has 15 heavy (non-hydrogen) atoms. The first-order valence-electron chi connectivity index (χ1n) is 5.64. The van der Waals surface area contributed by atoms with Crippen molar-refractivity contribution in [2.75, 3.05) is 0 Å². The molecule has 0 heterocycles. The van der Waals surface area contributed by atoms with Gasteiger partial charge < -0.3 is 10.4 Å². The van der Waals surface area contributed by atoms with Crippen molar-refractivity contribution >= 4 is 11.9 Å². The van der Waals surface area contributed by atoms with E-state index in [-0.39, 0.29) is 12.3 Å². The summed E-state index contributed by atoms with van der Waals surface area (Å²) in [6.45, 7) is 2.14. The highest BCUT2D eigenvalue weighted by molar-refractivity contribution is 5.77. The van der Waals surface area contributed by atoms with Crippen LogP contribution in [-0.4, -0.2) is 23.0 Å². The van der Waals surface area contributed by atoms with Crippen LogP contribution >= 0.6 is 0 Å². The zero-order chi connectivity index (χ0) is 11.3. The van der Waals surface area contributed by atoms with Gasteiger partial charge in [0.15, 0.2) is 0 Å². The number of carbonyl (C=O) groups excluding carboxylic acids is 1. The van der Waals surface area contributed by atoms with Gasteiger partial charge in [-0.15, -0.1) is 0 Å².